The third-order valence-corrected chi connectivity index (χ3v) is 4.02. The molecule has 0 radical (unpaired) electrons. The Morgan fingerprint density at radius 2 is 2.14 bits per heavy atom. The van der Waals surface area contributed by atoms with Crippen LogP contribution >= 0.6 is 11.3 Å². The number of pyridine rings is 1. The van der Waals surface area contributed by atoms with Gasteiger partial charge in [-0.05, 0) is 34.4 Å². The first-order chi connectivity index (χ1) is 10.7. The molecule has 0 aromatic carbocycles. The van der Waals surface area contributed by atoms with Crippen molar-refractivity contribution in [1.29, 1.82) is 0 Å². The first kappa shape index (κ1) is 14.2. The standard InChI is InChI=1S/C14H11N5O2S/c20-11(13(21)14-16-18-19-17-14)7-9-4-6-22-12(9)8-10-3-1-2-5-15-10/h1-6H,7-8H2,(H,16,17,18,19). The van der Waals surface area contributed by atoms with Crippen molar-refractivity contribution in [3.8, 4) is 0 Å². The lowest BCUT2D eigenvalue weighted by Gasteiger charge is -2.02. The quantitative estimate of drug-likeness (QED) is 0.542. The van der Waals surface area contributed by atoms with Crippen molar-refractivity contribution in [3.05, 3.63) is 57.8 Å². The Labute approximate surface area is 129 Å². The number of aromatic nitrogens is 5. The molecule has 3 aromatic rings. The summed E-state index contributed by atoms with van der Waals surface area (Å²) < 4.78 is 0. The lowest BCUT2D eigenvalue weighted by Crippen LogP contribution is -2.18. The van der Waals surface area contributed by atoms with Gasteiger partial charge >= 0.3 is 0 Å². The molecule has 0 atom stereocenters. The summed E-state index contributed by atoms with van der Waals surface area (Å²) in [5.74, 6) is -1.49. The highest BCUT2D eigenvalue weighted by Crippen LogP contribution is 2.21. The number of hydrogen-bond donors (Lipinski definition) is 1. The molecule has 22 heavy (non-hydrogen) atoms. The van der Waals surface area contributed by atoms with E-state index in [2.05, 4.69) is 25.6 Å². The fraction of sp³-hybridized carbons (Fsp3) is 0.143. The molecule has 0 aliphatic heterocycles. The van der Waals surface area contributed by atoms with Gasteiger partial charge in [-0.1, -0.05) is 6.07 Å². The van der Waals surface area contributed by atoms with Crippen LogP contribution in [0.3, 0.4) is 0 Å². The monoisotopic (exact) mass is 313 g/mol. The maximum Gasteiger partial charge on any atom is 0.269 e. The predicted octanol–water partition coefficient (Wildman–Crippen LogP) is 1.24. The molecule has 0 unspecified atom stereocenters. The van der Waals surface area contributed by atoms with E-state index in [1.807, 2.05) is 29.6 Å². The Hall–Kier alpha value is -2.74. The second-order valence-corrected chi connectivity index (χ2v) is 5.53. The maximum atomic E-state index is 12.0. The number of nitrogens with one attached hydrogen (secondary N) is 1. The van der Waals surface area contributed by atoms with E-state index in [1.54, 1.807) is 17.5 Å². The molecule has 0 amide bonds. The molecule has 0 bridgehead atoms. The van der Waals surface area contributed by atoms with Crippen LogP contribution in [-0.4, -0.2) is 37.2 Å². The molecule has 0 saturated carbocycles. The molecule has 0 spiro atoms. The van der Waals surface area contributed by atoms with Crippen LogP contribution in [0.4, 0.5) is 0 Å². The smallest absolute Gasteiger partial charge is 0.269 e. The number of carbonyl (C=O) groups is 2. The Morgan fingerprint density at radius 3 is 2.86 bits per heavy atom. The minimum absolute atomic E-state index is 0.0268. The number of rotatable bonds is 6. The molecule has 0 fully saturated rings. The zero-order valence-corrected chi connectivity index (χ0v) is 12.2. The second kappa shape index (κ2) is 6.35. The van der Waals surface area contributed by atoms with E-state index in [-0.39, 0.29) is 12.2 Å². The van der Waals surface area contributed by atoms with Gasteiger partial charge in [0.2, 0.25) is 11.6 Å². The molecular weight excluding hydrogens is 302 g/mol. The number of Topliss-reactive ketones (excluding diaryl/α,β-unsaturated/α-hetero) is 2. The van der Waals surface area contributed by atoms with E-state index in [0.29, 0.717) is 6.42 Å². The first-order valence-electron chi connectivity index (χ1n) is 6.50. The number of nitrogens with zero attached hydrogens (tertiary/aromatic N) is 4. The molecule has 0 aliphatic rings. The topological polar surface area (TPSA) is 101 Å². The van der Waals surface area contributed by atoms with Crippen LogP contribution < -0.4 is 0 Å². The zero-order chi connectivity index (χ0) is 15.4. The summed E-state index contributed by atoms with van der Waals surface area (Å²) in [5.41, 5.74) is 1.75. The molecule has 3 rings (SSSR count). The van der Waals surface area contributed by atoms with Crippen LogP contribution in [0.5, 0.6) is 0 Å². The van der Waals surface area contributed by atoms with Gasteiger partial charge in [-0.2, -0.15) is 5.21 Å². The van der Waals surface area contributed by atoms with Crippen molar-refractivity contribution in [1.82, 2.24) is 25.6 Å². The lowest BCUT2D eigenvalue weighted by atomic mass is 10.0. The van der Waals surface area contributed by atoms with Crippen LogP contribution in [0, 0.1) is 0 Å². The van der Waals surface area contributed by atoms with E-state index < -0.39 is 11.6 Å². The second-order valence-electron chi connectivity index (χ2n) is 4.53. The van der Waals surface area contributed by atoms with Crippen molar-refractivity contribution in [2.24, 2.45) is 0 Å². The molecule has 1 N–H and O–H groups in total. The van der Waals surface area contributed by atoms with Gasteiger partial charge in [-0.25, -0.2) is 0 Å². The van der Waals surface area contributed by atoms with Gasteiger partial charge in [-0.15, -0.1) is 21.5 Å². The number of thiophene rings is 1. The van der Waals surface area contributed by atoms with Crippen molar-refractivity contribution in [2.45, 2.75) is 12.8 Å². The van der Waals surface area contributed by atoms with Gasteiger partial charge in [0.1, 0.15) is 0 Å². The van der Waals surface area contributed by atoms with E-state index >= 15 is 0 Å². The fourth-order valence-corrected chi connectivity index (χ4v) is 2.90. The van der Waals surface area contributed by atoms with Crippen LogP contribution in [0.2, 0.25) is 0 Å². The summed E-state index contributed by atoms with van der Waals surface area (Å²) in [6.07, 6.45) is 2.39. The van der Waals surface area contributed by atoms with Gasteiger partial charge in [0.15, 0.2) is 0 Å². The first-order valence-corrected chi connectivity index (χ1v) is 7.38. The number of carbonyl (C=O) groups excluding carboxylic acids is 2. The third-order valence-electron chi connectivity index (χ3n) is 3.06. The van der Waals surface area contributed by atoms with Gasteiger partial charge < -0.3 is 0 Å². The SMILES string of the molecule is O=C(Cc1ccsc1Cc1ccccn1)C(=O)c1nn[nH]n1. The number of tetrazole rings is 1. The Bertz CT molecular complexity index is 783. The summed E-state index contributed by atoms with van der Waals surface area (Å²) in [7, 11) is 0. The number of aromatic amines is 1. The van der Waals surface area contributed by atoms with Crippen molar-refractivity contribution < 1.29 is 9.59 Å². The van der Waals surface area contributed by atoms with Crippen LogP contribution in [0.1, 0.15) is 26.8 Å². The Balaban J connectivity index is 1.72. The predicted molar refractivity (Wildman–Crippen MR) is 78.6 cm³/mol. The highest BCUT2D eigenvalue weighted by Gasteiger charge is 2.22. The summed E-state index contributed by atoms with van der Waals surface area (Å²) in [6, 6.07) is 7.55. The number of ketones is 2. The van der Waals surface area contributed by atoms with Crippen molar-refractivity contribution in [3.63, 3.8) is 0 Å². The molecule has 0 aliphatic carbocycles. The molecule has 3 heterocycles. The summed E-state index contributed by atoms with van der Waals surface area (Å²) in [5, 5.41) is 14.4. The summed E-state index contributed by atoms with van der Waals surface area (Å²) >= 11 is 1.54. The van der Waals surface area contributed by atoms with Crippen LogP contribution in [0.15, 0.2) is 35.8 Å². The molecule has 3 aromatic heterocycles. The minimum Gasteiger partial charge on any atom is -0.290 e. The average molecular weight is 313 g/mol. The summed E-state index contributed by atoms with van der Waals surface area (Å²) in [6.45, 7) is 0. The normalized spacial score (nSPS) is 10.5. The van der Waals surface area contributed by atoms with E-state index in [9.17, 15) is 9.59 Å². The van der Waals surface area contributed by atoms with Gasteiger partial charge in [-0.3, -0.25) is 14.6 Å². The molecule has 8 heteroatoms. The molecule has 0 saturated heterocycles. The maximum absolute atomic E-state index is 12.0. The average Bonchev–Trinajstić information content (AvgIpc) is 3.20. The van der Waals surface area contributed by atoms with Crippen LogP contribution in [-0.2, 0) is 17.6 Å². The highest BCUT2D eigenvalue weighted by molar-refractivity contribution is 7.10. The zero-order valence-electron chi connectivity index (χ0n) is 11.4. The van der Waals surface area contributed by atoms with Crippen molar-refractivity contribution >= 4 is 22.9 Å². The van der Waals surface area contributed by atoms with Crippen molar-refractivity contribution in [2.75, 3.05) is 0 Å². The molecule has 7 nitrogen and oxygen atoms in total. The summed E-state index contributed by atoms with van der Waals surface area (Å²) in [4.78, 5) is 29.2. The van der Waals surface area contributed by atoms with E-state index in [0.717, 1.165) is 16.1 Å². The Kier molecular flexibility index (Phi) is 4.10. The fourth-order valence-electron chi connectivity index (χ4n) is 1.98. The van der Waals surface area contributed by atoms with Crippen LogP contribution in [0.25, 0.3) is 0 Å². The van der Waals surface area contributed by atoms with Gasteiger partial charge in [0.05, 0.1) is 0 Å². The molecular formula is C14H11N5O2S. The lowest BCUT2D eigenvalue weighted by molar-refractivity contribution is -0.114. The Morgan fingerprint density at radius 1 is 1.23 bits per heavy atom. The van der Waals surface area contributed by atoms with E-state index in [4.69, 9.17) is 0 Å². The van der Waals surface area contributed by atoms with E-state index in [1.165, 1.54) is 0 Å². The largest absolute Gasteiger partial charge is 0.290 e. The highest BCUT2D eigenvalue weighted by atomic mass is 32.1. The van der Waals surface area contributed by atoms with Gasteiger partial charge in [0.25, 0.3) is 5.78 Å². The van der Waals surface area contributed by atoms with Gasteiger partial charge in [0, 0.05) is 29.6 Å². The third kappa shape index (κ3) is 3.12. The number of H-pyrrole nitrogens is 1. The minimum atomic E-state index is -0.733. The molecule has 110 valence electrons. The number of hydrogen-bond acceptors (Lipinski definition) is 7.